The summed E-state index contributed by atoms with van der Waals surface area (Å²) in [4.78, 5) is 2.72. The first-order valence-electron chi connectivity index (χ1n) is 9.65. The van der Waals surface area contributed by atoms with Crippen LogP contribution in [0.1, 0.15) is 98.3 Å². The molecule has 2 nitrogen and oxygen atoms in total. The van der Waals surface area contributed by atoms with E-state index in [0.29, 0.717) is 5.54 Å². The Kier molecular flexibility index (Phi) is 13.5. The van der Waals surface area contributed by atoms with E-state index >= 15 is 0 Å². The Balaban J connectivity index is 4.37. The van der Waals surface area contributed by atoms with Crippen LogP contribution in [-0.4, -0.2) is 30.1 Å². The second kappa shape index (κ2) is 13.6. The average molecular weight is 299 g/mol. The second-order valence-electron chi connectivity index (χ2n) is 6.58. The van der Waals surface area contributed by atoms with E-state index in [4.69, 9.17) is 5.73 Å². The van der Waals surface area contributed by atoms with E-state index in [1.165, 1.54) is 77.2 Å². The molecule has 0 aromatic rings. The average Bonchev–Trinajstić information content (AvgIpc) is 2.52. The van der Waals surface area contributed by atoms with Crippen molar-refractivity contribution in [2.45, 2.75) is 104 Å². The maximum atomic E-state index is 5.89. The fraction of sp³-hybridized carbons (Fsp3) is 1.00. The molecule has 0 aromatic carbocycles. The number of hydrogen-bond donors (Lipinski definition) is 1. The van der Waals surface area contributed by atoms with Crippen LogP contribution in [0, 0.1) is 0 Å². The standard InChI is InChI=1S/C19H42N2/c1-5-9-11-12-13-14-17-21(18-16-20)19(7-3,8-4)15-10-6-2/h5-18,20H2,1-4H3. The zero-order valence-corrected chi connectivity index (χ0v) is 15.4. The minimum absolute atomic E-state index is 0.402. The summed E-state index contributed by atoms with van der Waals surface area (Å²) in [7, 11) is 0. The van der Waals surface area contributed by atoms with Crippen molar-refractivity contribution < 1.29 is 0 Å². The second-order valence-corrected chi connectivity index (χ2v) is 6.58. The van der Waals surface area contributed by atoms with E-state index in [9.17, 15) is 0 Å². The van der Waals surface area contributed by atoms with Gasteiger partial charge in [0.25, 0.3) is 0 Å². The van der Waals surface area contributed by atoms with E-state index in [1.807, 2.05) is 0 Å². The molecule has 0 spiro atoms. The smallest absolute Gasteiger partial charge is 0.0204 e. The van der Waals surface area contributed by atoms with Crippen molar-refractivity contribution >= 4 is 0 Å². The first-order chi connectivity index (χ1) is 10.2. The lowest BCUT2D eigenvalue weighted by Crippen LogP contribution is -2.50. The van der Waals surface area contributed by atoms with Gasteiger partial charge in [-0.15, -0.1) is 0 Å². The Hall–Kier alpha value is -0.0800. The normalized spacial score (nSPS) is 12.3. The lowest BCUT2D eigenvalue weighted by atomic mass is 9.84. The molecule has 2 heteroatoms. The minimum atomic E-state index is 0.402. The SMILES string of the molecule is CCCCCCCCN(CCN)C(CC)(CC)CCCC. The van der Waals surface area contributed by atoms with E-state index in [-0.39, 0.29) is 0 Å². The highest BCUT2D eigenvalue weighted by molar-refractivity contribution is 4.88. The first kappa shape index (κ1) is 20.9. The van der Waals surface area contributed by atoms with Gasteiger partial charge in [0.15, 0.2) is 0 Å². The molecule has 0 fully saturated rings. The molecule has 0 unspecified atom stereocenters. The van der Waals surface area contributed by atoms with E-state index in [2.05, 4.69) is 32.6 Å². The molecular weight excluding hydrogens is 256 g/mol. The molecule has 0 saturated carbocycles. The predicted molar refractivity (Wildman–Crippen MR) is 96.8 cm³/mol. The molecule has 0 aliphatic rings. The summed E-state index contributed by atoms with van der Waals surface area (Å²) in [5.74, 6) is 0. The predicted octanol–water partition coefficient (Wildman–Crippen LogP) is 5.36. The van der Waals surface area contributed by atoms with Gasteiger partial charge in [-0.2, -0.15) is 0 Å². The van der Waals surface area contributed by atoms with E-state index in [1.54, 1.807) is 0 Å². The van der Waals surface area contributed by atoms with Gasteiger partial charge in [-0.1, -0.05) is 72.6 Å². The molecule has 2 N–H and O–H groups in total. The quantitative estimate of drug-likeness (QED) is 0.413. The molecule has 0 saturated heterocycles. The van der Waals surface area contributed by atoms with Crippen LogP contribution >= 0.6 is 0 Å². The van der Waals surface area contributed by atoms with Crippen LogP contribution < -0.4 is 5.73 Å². The summed E-state index contributed by atoms with van der Waals surface area (Å²) >= 11 is 0. The number of unbranched alkanes of at least 4 members (excludes halogenated alkanes) is 6. The van der Waals surface area contributed by atoms with Gasteiger partial charge in [-0.3, -0.25) is 4.90 Å². The van der Waals surface area contributed by atoms with Gasteiger partial charge in [0.2, 0.25) is 0 Å². The summed E-state index contributed by atoms with van der Waals surface area (Å²) in [5, 5.41) is 0. The van der Waals surface area contributed by atoms with Crippen LogP contribution in [0.2, 0.25) is 0 Å². The van der Waals surface area contributed by atoms with Crippen LogP contribution in [0.5, 0.6) is 0 Å². The number of nitrogens with two attached hydrogens (primary N) is 1. The van der Waals surface area contributed by atoms with E-state index < -0.39 is 0 Å². The summed E-state index contributed by atoms with van der Waals surface area (Å²) in [6, 6.07) is 0. The summed E-state index contributed by atoms with van der Waals surface area (Å²) in [5.41, 5.74) is 6.29. The van der Waals surface area contributed by atoms with Gasteiger partial charge in [0.05, 0.1) is 0 Å². The van der Waals surface area contributed by atoms with Crippen LogP contribution in [0.25, 0.3) is 0 Å². The lowest BCUT2D eigenvalue weighted by Gasteiger charge is -2.44. The van der Waals surface area contributed by atoms with Crippen molar-refractivity contribution in [3.63, 3.8) is 0 Å². The topological polar surface area (TPSA) is 29.3 Å². The Morgan fingerprint density at radius 1 is 0.714 bits per heavy atom. The minimum Gasteiger partial charge on any atom is -0.329 e. The Bertz CT molecular complexity index is 212. The van der Waals surface area contributed by atoms with Crippen molar-refractivity contribution in [2.24, 2.45) is 5.73 Å². The largest absolute Gasteiger partial charge is 0.329 e. The van der Waals surface area contributed by atoms with Gasteiger partial charge in [0.1, 0.15) is 0 Å². The van der Waals surface area contributed by atoms with Gasteiger partial charge >= 0.3 is 0 Å². The van der Waals surface area contributed by atoms with Crippen molar-refractivity contribution in [3.05, 3.63) is 0 Å². The third kappa shape index (κ3) is 8.21. The number of nitrogens with zero attached hydrogens (tertiary/aromatic N) is 1. The van der Waals surface area contributed by atoms with Crippen molar-refractivity contribution in [2.75, 3.05) is 19.6 Å². The summed E-state index contributed by atoms with van der Waals surface area (Å²) in [6.45, 7) is 12.4. The van der Waals surface area contributed by atoms with Crippen LogP contribution in [-0.2, 0) is 0 Å². The fourth-order valence-corrected chi connectivity index (χ4v) is 3.54. The molecule has 0 aromatic heterocycles. The lowest BCUT2D eigenvalue weighted by molar-refractivity contribution is 0.0676. The molecule has 0 aliphatic carbocycles. The van der Waals surface area contributed by atoms with Crippen LogP contribution in [0.3, 0.4) is 0 Å². The summed E-state index contributed by atoms with van der Waals surface area (Å²) in [6.07, 6.45) is 14.8. The highest BCUT2D eigenvalue weighted by atomic mass is 15.2. The third-order valence-corrected chi connectivity index (χ3v) is 5.16. The molecule has 21 heavy (non-hydrogen) atoms. The van der Waals surface area contributed by atoms with Gasteiger partial charge in [0, 0.05) is 18.6 Å². The summed E-state index contributed by atoms with van der Waals surface area (Å²) < 4.78 is 0. The molecule has 0 atom stereocenters. The van der Waals surface area contributed by atoms with Gasteiger partial charge < -0.3 is 5.73 Å². The number of hydrogen-bond acceptors (Lipinski definition) is 2. The number of rotatable bonds is 15. The first-order valence-corrected chi connectivity index (χ1v) is 9.65. The highest BCUT2D eigenvalue weighted by Gasteiger charge is 2.31. The van der Waals surface area contributed by atoms with Crippen molar-refractivity contribution in [1.29, 1.82) is 0 Å². The van der Waals surface area contributed by atoms with E-state index in [0.717, 1.165) is 13.1 Å². The zero-order chi connectivity index (χ0) is 16.0. The van der Waals surface area contributed by atoms with Crippen molar-refractivity contribution in [3.8, 4) is 0 Å². The monoisotopic (exact) mass is 298 g/mol. The Morgan fingerprint density at radius 2 is 1.29 bits per heavy atom. The molecule has 0 aliphatic heterocycles. The zero-order valence-electron chi connectivity index (χ0n) is 15.4. The third-order valence-electron chi connectivity index (χ3n) is 5.16. The highest BCUT2D eigenvalue weighted by Crippen LogP contribution is 2.30. The van der Waals surface area contributed by atoms with Crippen molar-refractivity contribution in [1.82, 2.24) is 4.90 Å². The van der Waals surface area contributed by atoms with Gasteiger partial charge in [-0.05, 0) is 32.2 Å². The molecule has 0 heterocycles. The molecule has 128 valence electrons. The van der Waals surface area contributed by atoms with Crippen LogP contribution in [0.4, 0.5) is 0 Å². The van der Waals surface area contributed by atoms with Crippen LogP contribution in [0.15, 0.2) is 0 Å². The molecule has 0 amide bonds. The Labute approximate surface area is 134 Å². The molecular formula is C19H42N2. The fourth-order valence-electron chi connectivity index (χ4n) is 3.54. The van der Waals surface area contributed by atoms with Gasteiger partial charge in [-0.25, -0.2) is 0 Å². The molecule has 0 bridgehead atoms. The maximum absolute atomic E-state index is 5.89. The molecule has 0 radical (unpaired) electrons. The molecule has 0 rings (SSSR count). The Morgan fingerprint density at radius 3 is 1.81 bits per heavy atom. The maximum Gasteiger partial charge on any atom is 0.0204 e.